The lowest BCUT2D eigenvalue weighted by Crippen LogP contribution is -1.88. The van der Waals surface area contributed by atoms with Crippen molar-refractivity contribution >= 4 is 16.3 Å². The van der Waals surface area contributed by atoms with Gasteiger partial charge in [0.05, 0.1) is 5.00 Å². The van der Waals surface area contributed by atoms with Crippen LogP contribution in [0.3, 0.4) is 0 Å². The monoisotopic (exact) mass is 231 g/mol. The van der Waals surface area contributed by atoms with Crippen molar-refractivity contribution in [2.75, 3.05) is 5.73 Å². The van der Waals surface area contributed by atoms with Gasteiger partial charge in [0.25, 0.3) is 0 Å². The summed E-state index contributed by atoms with van der Waals surface area (Å²) in [5, 5.41) is 0.894. The van der Waals surface area contributed by atoms with Gasteiger partial charge in [0, 0.05) is 4.88 Å². The van der Waals surface area contributed by atoms with Gasteiger partial charge < -0.3 is 5.73 Å². The molecule has 16 heavy (non-hydrogen) atoms. The van der Waals surface area contributed by atoms with Crippen molar-refractivity contribution < 1.29 is 0 Å². The quantitative estimate of drug-likeness (QED) is 0.781. The molecule has 0 aliphatic heterocycles. The molecule has 2 N–H and O–H groups in total. The normalized spacial score (nSPS) is 10.8. The van der Waals surface area contributed by atoms with Crippen LogP contribution in [-0.2, 0) is 0 Å². The lowest BCUT2D eigenvalue weighted by Gasteiger charge is -2.09. The molecule has 0 saturated heterocycles. The lowest BCUT2D eigenvalue weighted by atomic mass is 9.96. The van der Waals surface area contributed by atoms with Crippen molar-refractivity contribution in [1.29, 1.82) is 0 Å². The number of aryl methyl sites for hydroxylation is 4. The molecule has 0 aliphatic rings. The molecule has 0 unspecified atom stereocenters. The van der Waals surface area contributed by atoms with Crippen LogP contribution in [0.2, 0.25) is 0 Å². The maximum atomic E-state index is 5.85. The number of thiophene rings is 1. The van der Waals surface area contributed by atoms with Crippen molar-refractivity contribution in [3.8, 4) is 11.1 Å². The SMILES string of the molecule is Cc1cc(C)c(-c2cc(N)sc2C)cc1C. The Balaban J connectivity index is 2.64. The Bertz CT molecular complexity index is 538. The highest BCUT2D eigenvalue weighted by atomic mass is 32.1. The van der Waals surface area contributed by atoms with E-state index in [0.717, 1.165) is 5.00 Å². The van der Waals surface area contributed by atoms with Crippen molar-refractivity contribution in [3.05, 3.63) is 39.8 Å². The van der Waals surface area contributed by atoms with Crippen LogP contribution in [0.25, 0.3) is 11.1 Å². The van der Waals surface area contributed by atoms with Gasteiger partial charge in [-0.15, -0.1) is 11.3 Å². The summed E-state index contributed by atoms with van der Waals surface area (Å²) in [5.74, 6) is 0. The first kappa shape index (κ1) is 11.2. The molecule has 2 heteroatoms. The molecule has 0 spiro atoms. The Labute approximate surface area is 101 Å². The molecule has 2 rings (SSSR count). The van der Waals surface area contributed by atoms with Crippen LogP contribution in [-0.4, -0.2) is 0 Å². The first-order valence-corrected chi connectivity index (χ1v) is 6.25. The molecular formula is C14H17NS. The Morgan fingerprint density at radius 1 is 0.812 bits per heavy atom. The molecular weight excluding hydrogens is 214 g/mol. The maximum Gasteiger partial charge on any atom is 0.0865 e. The van der Waals surface area contributed by atoms with Gasteiger partial charge in [-0.25, -0.2) is 0 Å². The summed E-state index contributed by atoms with van der Waals surface area (Å²) in [4.78, 5) is 1.30. The zero-order chi connectivity index (χ0) is 11.9. The molecule has 1 nitrogen and oxygen atoms in total. The largest absolute Gasteiger partial charge is 0.391 e. The number of nitrogen functional groups attached to an aromatic ring is 1. The highest BCUT2D eigenvalue weighted by molar-refractivity contribution is 7.16. The summed E-state index contributed by atoms with van der Waals surface area (Å²) in [6.07, 6.45) is 0. The fraction of sp³-hybridized carbons (Fsp3) is 0.286. The Kier molecular flexibility index (Phi) is 2.76. The highest BCUT2D eigenvalue weighted by Gasteiger charge is 2.09. The lowest BCUT2D eigenvalue weighted by molar-refractivity contribution is 1.30. The topological polar surface area (TPSA) is 26.0 Å². The zero-order valence-corrected chi connectivity index (χ0v) is 11.0. The van der Waals surface area contributed by atoms with Crippen LogP contribution in [0, 0.1) is 27.7 Å². The second-order valence-corrected chi connectivity index (χ2v) is 5.66. The second-order valence-electron chi connectivity index (χ2n) is 4.37. The molecule has 1 aromatic heterocycles. The predicted octanol–water partition coefficient (Wildman–Crippen LogP) is 4.23. The number of rotatable bonds is 1. The van der Waals surface area contributed by atoms with Crippen molar-refractivity contribution in [1.82, 2.24) is 0 Å². The van der Waals surface area contributed by atoms with Gasteiger partial charge in [0.15, 0.2) is 0 Å². The smallest absolute Gasteiger partial charge is 0.0865 e. The third-order valence-corrected chi connectivity index (χ3v) is 3.95. The van der Waals surface area contributed by atoms with Gasteiger partial charge in [-0.3, -0.25) is 0 Å². The van der Waals surface area contributed by atoms with E-state index in [1.54, 1.807) is 11.3 Å². The minimum absolute atomic E-state index is 0.894. The molecule has 0 saturated carbocycles. The van der Waals surface area contributed by atoms with Crippen molar-refractivity contribution in [2.45, 2.75) is 27.7 Å². The second kappa shape index (κ2) is 3.95. The third-order valence-electron chi connectivity index (χ3n) is 3.07. The molecule has 84 valence electrons. The number of anilines is 1. The number of hydrogen-bond donors (Lipinski definition) is 1. The van der Waals surface area contributed by atoms with Crippen LogP contribution in [0.15, 0.2) is 18.2 Å². The van der Waals surface area contributed by atoms with Gasteiger partial charge in [-0.1, -0.05) is 12.1 Å². The van der Waals surface area contributed by atoms with Crippen LogP contribution >= 0.6 is 11.3 Å². The van der Waals surface area contributed by atoms with Crippen LogP contribution in [0.5, 0.6) is 0 Å². The van der Waals surface area contributed by atoms with Crippen molar-refractivity contribution in [3.63, 3.8) is 0 Å². The first-order valence-electron chi connectivity index (χ1n) is 5.43. The number of benzene rings is 1. The summed E-state index contributed by atoms with van der Waals surface area (Å²) >= 11 is 1.66. The average molecular weight is 231 g/mol. The van der Waals surface area contributed by atoms with E-state index in [1.807, 2.05) is 0 Å². The number of nitrogens with two attached hydrogens (primary N) is 1. The van der Waals surface area contributed by atoms with E-state index in [9.17, 15) is 0 Å². The minimum Gasteiger partial charge on any atom is -0.391 e. The van der Waals surface area contributed by atoms with Crippen LogP contribution in [0.1, 0.15) is 21.6 Å². The van der Waals surface area contributed by atoms with E-state index in [2.05, 4.69) is 45.9 Å². The first-order chi connectivity index (χ1) is 7.49. The van der Waals surface area contributed by atoms with Gasteiger partial charge in [-0.2, -0.15) is 0 Å². The predicted molar refractivity (Wildman–Crippen MR) is 73.1 cm³/mol. The number of hydrogen-bond acceptors (Lipinski definition) is 2. The molecule has 0 fully saturated rings. The molecule has 1 heterocycles. The van der Waals surface area contributed by atoms with Gasteiger partial charge in [-0.05, 0) is 61.6 Å². The van der Waals surface area contributed by atoms with E-state index in [-0.39, 0.29) is 0 Å². The fourth-order valence-electron chi connectivity index (χ4n) is 2.02. The molecule has 0 aliphatic carbocycles. The molecule has 0 bridgehead atoms. The van der Waals surface area contributed by atoms with Crippen LogP contribution < -0.4 is 5.73 Å². The standard InChI is InChI=1S/C14H17NS/c1-8-5-10(3)12(6-9(8)2)13-7-14(15)16-11(13)4/h5-7H,15H2,1-4H3. The molecule has 0 radical (unpaired) electrons. The van der Waals surface area contributed by atoms with E-state index in [1.165, 1.54) is 32.7 Å². The summed E-state index contributed by atoms with van der Waals surface area (Å²) in [5.41, 5.74) is 12.5. The highest BCUT2D eigenvalue weighted by Crippen LogP contribution is 2.35. The molecule has 2 aromatic rings. The van der Waals surface area contributed by atoms with E-state index in [0.29, 0.717) is 0 Å². The Morgan fingerprint density at radius 2 is 1.44 bits per heavy atom. The van der Waals surface area contributed by atoms with Crippen LogP contribution in [0.4, 0.5) is 5.00 Å². The summed E-state index contributed by atoms with van der Waals surface area (Å²) < 4.78 is 0. The van der Waals surface area contributed by atoms with E-state index in [4.69, 9.17) is 5.73 Å². The summed E-state index contributed by atoms with van der Waals surface area (Å²) in [7, 11) is 0. The summed E-state index contributed by atoms with van der Waals surface area (Å²) in [6, 6.07) is 6.59. The van der Waals surface area contributed by atoms with Gasteiger partial charge >= 0.3 is 0 Å². The maximum absolute atomic E-state index is 5.85. The van der Waals surface area contributed by atoms with E-state index >= 15 is 0 Å². The Hall–Kier alpha value is -1.28. The van der Waals surface area contributed by atoms with Gasteiger partial charge in [0.1, 0.15) is 0 Å². The molecule has 0 atom stereocenters. The molecule has 1 aromatic carbocycles. The fourth-order valence-corrected chi connectivity index (χ4v) is 2.83. The van der Waals surface area contributed by atoms with E-state index < -0.39 is 0 Å². The third kappa shape index (κ3) is 1.85. The minimum atomic E-state index is 0.894. The molecule has 0 amide bonds. The van der Waals surface area contributed by atoms with Crippen molar-refractivity contribution in [2.24, 2.45) is 0 Å². The average Bonchev–Trinajstić information content (AvgIpc) is 2.51. The Morgan fingerprint density at radius 3 is 2.00 bits per heavy atom. The van der Waals surface area contributed by atoms with Gasteiger partial charge in [0.2, 0.25) is 0 Å². The summed E-state index contributed by atoms with van der Waals surface area (Å²) in [6.45, 7) is 8.60. The zero-order valence-electron chi connectivity index (χ0n) is 10.2.